The molecular weight excluding hydrogens is 313 g/mol. The molecule has 5 rings (SSSR count). The lowest BCUT2D eigenvalue weighted by Gasteiger charge is -2.58. The minimum Gasteiger partial charge on any atom is -0.377 e. The Balaban J connectivity index is 1.53. The molecule has 1 heterocycles. The van der Waals surface area contributed by atoms with E-state index in [0.717, 1.165) is 44.3 Å². The highest BCUT2D eigenvalue weighted by Crippen LogP contribution is 2.67. The van der Waals surface area contributed by atoms with Gasteiger partial charge in [0.2, 0.25) is 0 Å². The van der Waals surface area contributed by atoms with Crippen LogP contribution in [0.15, 0.2) is 16.3 Å². The van der Waals surface area contributed by atoms with Gasteiger partial charge in [-0.2, -0.15) is 0 Å². The second-order valence-electron chi connectivity index (χ2n) is 9.39. The smallest absolute Gasteiger partial charge is 0.162 e. The SMILES string of the molecule is C[C@]12Cc3[13cH]noc3C=C1CC[C@@H]1[C@@H]2CC[C@@]2(C)[C@H]1CC[C@@]2(O)[13C]#[13CH]. The normalized spacial score (nSPS) is 47.8. The number of fused-ring (bicyclic) bond motifs is 6. The fourth-order valence-corrected chi connectivity index (χ4v) is 7.14. The average molecular weight is 340 g/mol. The number of aliphatic hydroxyl groups is 1. The zero-order valence-electron chi connectivity index (χ0n) is 15.2. The van der Waals surface area contributed by atoms with Crippen LogP contribution in [0, 0.1) is 40.9 Å². The highest BCUT2D eigenvalue weighted by molar-refractivity contribution is 5.57. The Hall–Kier alpha value is -1.53. The van der Waals surface area contributed by atoms with E-state index in [9.17, 15) is 5.11 Å². The average Bonchev–Trinajstić information content (AvgIpc) is 3.14. The summed E-state index contributed by atoms with van der Waals surface area (Å²) in [7, 11) is 0. The summed E-state index contributed by atoms with van der Waals surface area (Å²) in [5.41, 5.74) is 1.99. The van der Waals surface area contributed by atoms with Crippen molar-refractivity contribution in [2.24, 2.45) is 28.6 Å². The number of aromatic nitrogens is 1. The number of terminal acetylenes is 1. The molecule has 3 heteroatoms. The maximum absolute atomic E-state index is 11.1. The van der Waals surface area contributed by atoms with Crippen molar-refractivity contribution in [1.82, 2.24) is 5.16 Å². The van der Waals surface area contributed by atoms with Gasteiger partial charge >= 0.3 is 0 Å². The fraction of sp³-hybridized carbons (Fsp3) is 0.682. The van der Waals surface area contributed by atoms with Gasteiger partial charge in [0, 0.05) is 11.0 Å². The third-order valence-corrected chi connectivity index (χ3v) is 8.67. The summed E-state index contributed by atoms with van der Waals surface area (Å²) in [6.45, 7) is 4.71. The van der Waals surface area contributed by atoms with Gasteiger partial charge in [-0.15, -0.1) is 6.42 Å². The van der Waals surface area contributed by atoms with Gasteiger partial charge in [-0.25, -0.2) is 0 Å². The molecule has 0 spiro atoms. The highest BCUT2D eigenvalue weighted by atomic mass is 16.5. The van der Waals surface area contributed by atoms with E-state index < -0.39 is 5.60 Å². The van der Waals surface area contributed by atoms with E-state index in [4.69, 9.17) is 10.9 Å². The standard InChI is InChI=1S/C22H27NO2/c1-4-22(24)10-8-18-16-6-5-15-11-19-14(13-23-25-19)12-20(15,2)17(16)7-9-21(18,22)3/h1,11,13,16-18,24H,5-10,12H2,2-3H3/t16-,17+,18+,20+,21+,22+/m1/s1/i1+1,4+1,13+1. The summed E-state index contributed by atoms with van der Waals surface area (Å²) in [5, 5.41) is 15.1. The van der Waals surface area contributed by atoms with Gasteiger partial charge in [0.25, 0.3) is 0 Å². The largest absolute Gasteiger partial charge is 0.377 e. The molecule has 0 amide bonds. The van der Waals surface area contributed by atoms with Gasteiger partial charge in [0.15, 0.2) is 5.76 Å². The molecule has 0 saturated heterocycles. The molecule has 6 atom stereocenters. The summed E-state index contributed by atoms with van der Waals surface area (Å²) in [4.78, 5) is 0. The molecule has 132 valence electrons. The van der Waals surface area contributed by atoms with Crippen molar-refractivity contribution in [3.05, 3.63) is 23.1 Å². The highest BCUT2D eigenvalue weighted by Gasteiger charge is 2.63. The van der Waals surface area contributed by atoms with Crippen molar-refractivity contribution < 1.29 is 9.63 Å². The lowest BCUT2D eigenvalue weighted by Crippen LogP contribution is -2.54. The van der Waals surface area contributed by atoms with Gasteiger partial charge in [-0.05, 0) is 74.2 Å². The zero-order chi connectivity index (χ0) is 17.4. The van der Waals surface area contributed by atoms with Crippen LogP contribution in [0.4, 0.5) is 0 Å². The van der Waals surface area contributed by atoms with Gasteiger partial charge < -0.3 is 9.63 Å². The van der Waals surface area contributed by atoms with E-state index in [1.807, 2.05) is 6.20 Å². The lowest BCUT2D eigenvalue weighted by atomic mass is 9.47. The Morgan fingerprint density at radius 3 is 2.84 bits per heavy atom. The molecule has 0 unspecified atom stereocenters. The monoisotopic (exact) mass is 340 g/mol. The molecule has 3 nitrogen and oxygen atoms in total. The van der Waals surface area contributed by atoms with Crippen LogP contribution in [0.25, 0.3) is 6.08 Å². The third-order valence-electron chi connectivity index (χ3n) is 8.67. The second kappa shape index (κ2) is 4.80. The summed E-state index contributed by atoms with van der Waals surface area (Å²) >= 11 is 0. The molecule has 1 aromatic heterocycles. The number of rotatable bonds is 0. The lowest BCUT2D eigenvalue weighted by molar-refractivity contribution is -0.0975. The number of nitrogens with zero attached hydrogens (tertiary/aromatic N) is 1. The first-order chi connectivity index (χ1) is 11.9. The molecule has 25 heavy (non-hydrogen) atoms. The third kappa shape index (κ3) is 1.79. The van der Waals surface area contributed by atoms with Crippen LogP contribution in [0.5, 0.6) is 0 Å². The van der Waals surface area contributed by atoms with Crippen molar-refractivity contribution in [3.8, 4) is 12.3 Å². The Kier molecular flexibility index (Phi) is 3.01. The number of hydrogen-bond acceptors (Lipinski definition) is 3. The molecular formula is C22H27NO2. The predicted molar refractivity (Wildman–Crippen MR) is 96.4 cm³/mol. The second-order valence-corrected chi connectivity index (χ2v) is 9.39. The zero-order valence-corrected chi connectivity index (χ0v) is 15.2. The Morgan fingerprint density at radius 1 is 1.24 bits per heavy atom. The minimum absolute atomic E-state index is 0.114. The van der Waals surface area contributed by atoms with Crippen LogP contribution < -0.4 is 0 Å². The molecule has 0 aromatic carbocycles. The predicted octanol–water partition coefficient (Wildman–Crippen LogP) is 4.22. The summed E-state index contributed by atoms with van der Waals surface area (Å²) in [6, 6.07) is 0. The minimum atomic E-state index is -0.909. The van der Waals surface area contributed by atoms with Crippen LogP contribution in [-0.4, -0.2) is 15.9 Å². The first-order valence-corrected chi connectivity index (χ1v) is 9.76. The Labute approximate surface area is 149 Å². The topological polar surface area (TPSA) is 46.3 Å². The van der Waals surface area contributed by atoms with Crippen LogP contribution in [0.3, 0.4) is 0 Å². The molecule has 3 fully saturated rings. The van der Waals surface area contributed by atoms with E-state index in [1.165, 1.54) is 12.0 Å². The Bertz CT molecular complexity index is 801. The van der Waals surface area contributed by atoms with Crippen LogP contribution in [0.1, 0.15) is 63.7 Å². The van der Waals surface area contributed by atoms with Crippen molar-refractivity contribution in [3.63, 3.8) is 0 Å². The molecule has 0 bridgehead atoms. The molecule has 0 radical (unpaired) electrons. The number of hydrogen-bond donors (Lipinski definition) is 1. The van der Waals surface area contributed by atoms with Gasteiger partial charge in [0.05, 0.1) is 6.20 Å². The summed E-state index contributed by atoms with van der Waals surface area (Å²) in [5.74, 6) is 5.64. The van der Waals surface area contributed by atoms with Crippen LogP contribution >= 0.6 is 0 Å². The maximum Gasteiger partial charge on any atom is 0.162 e. The van der Waals surface area contributed by atoms with Gasteiger partial charge in [-0.1, -0.05) is 30.5 Å². The first-order valence-electron chi connectivity index (χ1n) is 9.76. The summed E-state index contributed by atoms with van der Waals surface area (Å²) in [6.07, 6.45) is 17.4. The van der Waals surface area contributed by atoms with Gasteiger partial charge in [-0.3, -0.25) is 0 Å². The molecule has 4 aliphatic carbocycles. The first kappa shape index (κ1) is 15.7. The van der Waals surface area contributed by atoms with Gasteiger partial charge in [0.1, 0.15) is 5.60 Å². The summed E-state index contributed by atoms with van der Waals surface area (Å²) < 4.78 is 5.43. The quantitative estimate of drug-likeness (QED) is 0.568. The molecule has 4 aliphatic rings. The fourth-order valence-electron chi connectivity index (χ4n) is 7.14. The van der Waals surface area contributed by atoms with Crippen LogP contribution in [-0.2, 0) is 6.42 Å². The number of allylic oxidation sites excluding steroid dienone is 1. The van der Waals surface area contributed by atoms with Crippen molar-refractivity contribution in [2.75, 3.05) is 0 Å². The maximum atomic E-state index is 11.1. The van der Waals surface area contributed by atoms with E-state index in [-0.39, 0.29) is 10.8 Å². The van der Waals surface area contributed by atoms with Crippen LogP contribution in [0.2, 0.25) is 0 Å². The molecule has 1 N–H and O–H groups in total. The molecule has 1 aromatic rings. The van der Waals surface area contributed by atoms with Crippen molar-refractivity contribution >= 4 is 6.08 Å². The Morgan fingerprint density at radius 2 is 2.04 bits per heavy atom. The van der Waals surface area contributed by atoms with E-state index in [1.54, 1.807) is 5.57 Å². The van der Waals surface area contributed by atoms with Crippen molar-refractivity contribution in [1.29, 1.82) is 0 Å². The molecule has 3 saturated carbocycles. The molecule has 0 aliphatic heterocycles. The van der Waals surface area contributed by atoms with E-state index in [2.05, 4.69) is 31.0 Å². The van der Waals surface area contributed by atoms with E-state index >= 15 is 0 Å². The van der Waals surface area contributed by atoms with E-state index in [0.29, 0.717) is 17.8 Å². The van der Waals surface area contributed by atoms with Crippen molar-refractivity contribution in [2.45, 2.75) is 64.4 Å².